The number of fused-ring (bicyclic) bond motifs is 3. The van der Waals surface area contributed by atoms with Gasteiger partial charge in [0.2, 0.25) is 11.8 Å². The SMILES string of the molecule is CN1C[C@H](OCCOCCOCCOCCNc2cccc3c2C(=O)N(C2CCC(=O)NC2=O)C3=O)C[C@H]1COc1nc2c(c(N3CCN(C(N)=O)[C@@H](CC#N)C3)n1)CCN(c1cccc3ccccc13)C2. The Morgan fingerprint density at radius 1 is 0.847 bits per heavy atom. The number of benzene rings is 3. The monoisotopic (exact) mass is 987 g/mol. The van der Waals surface area contributed by atoms with E-state index in [4.69, 9.17) is 39.4 Å². The number of amides is 6. The number of primary amides is 1. The number of likely N-dealkylation sites (tertiary alicyclic amines) is 1. The van der Waals surface area contributed by atoms with E-state index in [1.54, 1.807) is 23.1 Å². The Morgan fingerprint density at radius 2 is 1.61 bits per heavy atom. The van der Waals surface area contributed by atoms with Crippen molar-refractivity contribution in [2.24, 2.45) is 5.73 Å². The molecule has 4 atom stereocenters. The second kappa shape index (κ2) is 23.1. The molecular weight excluding hydrogens is 927 g/mol. The van der Waals surface area contributed by atoms with Gasteiger partial charge in [0.25, 0.3) is 11.8 Å². The Bertz CT molecular complexity index is 2700. The van der Waals surface area contributed by atoms with Crippen LogP contribution in [0.1, 0.15) is 57.7 Å². The van der Waals surface area contributed by atoms with Crippen LogP contribution < -0.4 is 30.9 Å². The van der Waals surface area contributed by atoms with E-state index in [2.05, 4.69) is 74.8 Å². The number of imide groups is 2. The fourth-order valence-electron chi connectivity index (χ4n) is 10.3. The number of nitrogens with two attached hydrogens (primary N) is 1. The van der Waals surface area contributed by atoms with Crippen LogP contribution in [0.2, 0.25) is 0 Å². The molecule has 5 aliphatic heterocycles. The molecule has 4 N–H and O–H groups in total. The van der Waals surface area contributed by atoms with E-state index >= 15 is 0 Å². The van der Waals surface area contributed by atoms with Gasteiger partial charge in [0.15, 0.2) is 0 Å². The lowest BCUT2D eigenvalue weighted by Crippen LogP contribution is -2.57. The Labute approximate surface area is 417 Å². The fourth-order valence-corrected chi connectivity index (χ4v) is 10.3. The topological polar surface area (TPSA) is 247 Å². The zero-order chi connectivity index (χ0) is 50.1. The molecule has 0 saturated carbocycles. The third-order valence-corrected chi connectivity index (χ3v) is 13.9. The third-order valence-electron chi connectivity index (χ3n) is 13.9. The lowest BCUT2D eigenvalue weighted by atomic mass is 10.0. The number of carbonyl (C=O) groups excluding carboxylic acids is 5. The van der Waals surface area contributed by atoms with Gasteiger partial charge in [-0.15, -0.1) is 0 Å². The molecule has 380 valence electrons. The van der Waals surface area contributed by atoms with Crippen molar-refractivity contribution >= 4 is 57.6 Å². The van der Waals surface area contributed by atoms with Crippen LogP contribution in [0.3, 0.4) is 0 Å². The molecule has 21 nitrogen and oxygen atoms in total. The van der Waals surface area contributed by atoms with Crippen LogP contribution in [0.4, 0.5) is 22.0 Å². The molecule has 0 spiro atoms. The summed E-state index contributed by atoms with van der Waals surface area (Å²) < 4.78 is 29.8. The number of piperidine rings is 1. The lowest BCUT2D eigenvalue weighted by Gasteiger charge is -2.41. The van der Waals surface area contributed by atoms with Crippen molar-refractivity contribution in [1.29, 1.82) is 5.26 Å². The number of carbonyl (C=O) groups is 5. The Morgan fingerprint density at radius 3 is 2.40 bits per heavy atom. The first-order valence-corrected chi connectivity index (χ1v) is 24.6. The highest BCUT2D eigenvalue weighted by atomic mass is 16.6. The van der Waals surface area contributed by atoms with Crippen LogP contribution in [0, 0.1) is 11.3 Å². The predicted molar refractivity (Wildman–Crippen MR) is 264 cm³/mol. The van der Waals surface area contributed by atoms with Gasteiger partial charge in [-0.1, -0.05) is 42.5 Å². The summed E-state index contributed by atoms with van der Waals surface area (Å²) in [5.74, 6) is -1.42. The first-order chi connectivity index (χ1) is 35.1. The highest BCUT2D eigenvalue weighted by Gasteiger charge is 2.46. The van der Waals surface area contributed by atoms with Gasteiger partial charge in [-0.25, -0.2) is 4.79 Å². The summed E-state index contributed by atoms with van der Waals surface area (Å²) in [6.45, 7) is 6.83. The largest absolute Gasteiger partial charge is 0.462 e. The van der Waals surface area contributed by atoms with E-state index in [1.807, 2.05) is 6.07 Å². The molecule has 1 aromatic heterocycles. The van der Waals surface area contributed by atoms with Crippen LogP contribution in [0.15, 0.2) is 60.7 Å². The lowest BCUT2D eigenvalue weighted by molar-refractivity contribution is -0.136. The molecule has 0 radical (unpaired) electrons. The molecule has 3 aromatic carbocycles. The number of nitrogens with zero attached hydrogens (tertiary/aromatic N) is 8. The molecular formula is C51H61N11O10. The van der Waals surface area contributed by atoms with Crippen molar-refractivity contribution in [1.82, 2.24) is 30.0 Å². The van der Waals surface area contributed by atoms with E-state index in [-0.39, 0.29) is 48.6 Å². The van der Waals surface area contributed by atoms with Crippen molar-refractivity contribution in [2.75, 3.05) is 114 Å². The van der Waals surface area contributed by atoms with E-state index in [0.29, 0.717) is 97.3 Å². The number of urea groups is 1. The van der Waals surface area contributed by atoms with Crippen molar-refractivity contribution < 1.29 is 47.7 Å². The quantitative estimate of drug-likeness (QED) is 0.0802. The highest BCUT2D eigenvalue weighted by molar-refractivity contribution is 6.25. The molecule has 5 aliphatic rings. The number of likely N-dealkylation sites (N-methyl/N-ethyl adjacent to an activating group) is 1. The second-order valence-corrected chi connectivity index (χ2v) is 18.5. The molecule has 4 aromatic rings. The smallest absolute Gasteiger partial charge is 0.318 e. The van der Waals surface area contributed by atoms with Crippen molar-refractivity contribution in [3.63, 3.8) is 0 Å². The molecule has 6 heterocycles. The predicted octanol–water partition coefficient (Wildman–Crippen LogP) is 2.71. The minimum Gasteiger partial charge on any atom is -0.462 e. The minimum atomic E-state index is -1.03. The number of ether oxygens (including phenoxy) is 5. The van der Waals surface area contributed by atoms with Crippen LogP contribution in [-0.2, 0) is 41.5 Å². The van der Waals surface area contributed by atoms with Gasteiger partial charge < -0.3 is 49.4 Å². The van der Waals surface area contributed by atoms with Crippen molar-refractivity contribution in [2.45, 2.75) is 62.9 Å². The maximum atomic E-state index is 13.3. The second-order valence-electron chi connectivity index (χ2n) is 18.5. The number of hydrogen-bond donors (Lipinski definition) is 3. The zero-order valence-corrected chi connectivity index (χ0v) is 40.5. The molecule has 21 heteroatoms. The highest BCUT2D eigenvalue weighted by Crippen LogP contribution is 2.36. The van der Waals surface area contributed by atoms with Crippen LogP contribution in [0.25, 0.3) is 10.8 Å². The molecule has 0 bridgehead atoms. The Kier molecular flexibility index (Phi) is 16.0. The minimum absolute atomic E-state index is 0.00119. The summed E-state index contributed by atoms with van der Waals surface area (Å²) >= 11 is 0. The summed E-state index contributed by atoms with van der Waals surface area (Å²) in [5.41, 5.74) is 9.68. The maximum absolute atomic E-state index is 13.3. The Balaban J connectivity index is 0.687. The number of nitrogens with one attached hydrogen (secondary N) is 2. The molecule has 72 heavy (non-hydrogen) atoms. The average Bonchev–Trinajstić information content (AvgIpc) is 3.87. The van der Waals surface area contributed by atoms with Gasteiger partial charge in [-0.3, -0.25) is 34.3 Å². The molecule has 3 saturated heterocycles. The number of aromatic nitrogens is 2. The van der Waals surface area contributed by atoms with Gasteiger partial charge in [0, 0.05) is 74.1 Å². The normalized spacial score (nSPS) is 21.2. The number of piperazine rings is 1. The van der Waals surface area contributed by atoms with E-state index in [1.165, 1.54) is 10.8 Å². The summed E-state index contributed by atoms with van der Waals surface area (Å²) in [5, 5.41) is 17.3. The van der Waals surface area contributed by atoms with Crippen LogP contribution >= 0.6 is 0 Å². The third kappa shape index (κ3) is 11.2. The molecule has 9 rings (SSSR count). The van der Waals surface area contributed by atoms with Gasteiger partial charge >= 0.3 is 12.0 Å². The van der Waals surface area contributed by atoms with Crippen LogP contribution in [0.5, 0.6) is 6.01 Å². The number of rotatable bonds is 21. The Hall–Kier alpha value is -6.96. The fraction of sp³-hybridized carbons (Fsp3) is 0.490. The van der Waals surface area contributed by atoms with Gasteiger partial charge in [-0.05, 0) is 49.9 Å². The summed E-state index contributed by atoms with van der Waals surface area (Å²) in [6, 6.07) is 20.3. The number of nitriles is 1. The first kappa shape index (κ1) is 50.0. The van der Waals surface area contributed by atoms with Gasteiger partial charge in [0.05, 0.1) is 94.2 Å². The van der Waals surface area contributed by atoms with Crippen molar-refractivity contribution in [3.8, 4) is 12.1 Å². The molecule has 3 fully saturated rings. The number of hydrogen-bond acceptors (Lipinski definition) is 17. The zero-order valence-electron chi connectivity index (χ0n) is 40.5. The standard InChI is InChI=1S/C51H61N11O10/c1-58-30-36(71-27-26-70-25-24-69-23-22-68-21-17-54-40-10-5-9-39-45(40)49(66)62(48(39)65)43-12-13-44(63)56-47(43)64)28-35(58)32-72-51-55-41-31-59(42-11-4-7-33-6-2-3-8-37(33)42)18-15-38(41)46(57-51)60-19-20-61(50(53)67)34(29-60)14-16-52/h2-11,34-36,43,54H,12-15,17-32H2,1H3,(H2,53,67)(H,56,63,64)/t34-,35-,36+,43?/m0/s1. The van der Waals surface area contributed by atoms with E-state index < -0.39 is 35.7 Å². The molecule has 0 aliphatic carbocycles. The van der Waals surface area contributed by atoms with Gasteiger partial charge in [-0.2, -0.15) is 15.2 Å². The van der Waals surface area contributed by atoms with E-state index in [0.717, 1.165) is 53.6 Å². The van der Waals surface area contributed by atoms with Crippen LogP contribution in [-0.4, -0.2) is 178 Å². The molecule has 6 amide bonds. The van der Waals surface area contributed by atoms with Gasteiger partial charge in [0.1, 0.15) is 18.5 Å². The number of anilines is 3. The maximum Gasteiger partial charge on any atom is 0.318 e. The van der Waals surface area contributed by atoms with Crippen molar-refractivity contribution in [3.05, 3.63) is 83.0 Å². The summed E-state index contributed by atoms with van der Waals surface area (Å²) in [7, 11) is 2.06. The summed E-state index contributed by atoms with van der Waals surface area (Å²) in [6.07, 6.45) is 1.80. The van der Waals surface area contributed by atoms with E-state index in [9.17, 15) is 29.2 Å². The first-order valence-electron chi connectivity index (χ1n) is 24.6. The molecule has 1 unspecified atom stereocenters. The summed E-state index contributed by atoms with van der Waals surface area (Å²) in [4.78, 5) is 82.0. The average molecular weight is 988 g/mol.